The number of rotatable bonds is 2. The van der Waals surface area contributed by atoms with Crippen molar-refractivity contribution in [3.05, 3.63) is 83.4 Å². The topological polar surface area (TPSA) is 0 Å². The molecule has 0 saturated carbocycles. The Kier molecular flexibility index (Phi) is 6.37. The fraction of sp³-hybridized carbons (Fsp3) is 0.182. The molecule has 5 heteroatoms. The van der Waals surface area contributed by atoms with Crippen LogP contribution in [0.15, 0.2) is 60.7 Å². The van der Waals surface area contributed by atoms with Crippen molar-refractivity contribution in [2.75, 3.05) is 0 Å². The lowest BCUT2D eigenvalue weighted by Gasteiger charge is -2.10. The zero-order valence-corrected chi connectivity index (χ0v) is 15.2. The van der Waals surface area contributed by atoms with Crippen LogP contribution in [0.5, 0.6) is 0 Å². The van der Waals surface area contributed by atoms with Crippen LogP contribution in [-0.4, -0.2) is 0 Å². The molecular weight excluding hydrogens is 359 g/mol. The van der Waals surface area contributed by atoms with Gasteiger partial charge in [-0.2, -0.15) is 13.2 Å². The summed E-state index contributed by atoms with van der Waals surface area (Å²) >= 11 is 0. The highest BCUT2D eigenvalue weighted by molar-refractivity contribution is 5.71. The van der Waals surface area contributed by atoms with Crippen molar-refractivity contribution in [2.24, 2.45) is 0 Å². The molecule has 0 aromatic heterocycles. The average molecular weight is 378 g/mol. The zero-order chi connectivity index (χ0) is 20.2. The van der Waals surface area contributed by atoms with Crippen LogP contribution in [0.4, 0.5) is 22.0 Å². The van der Waals surface area contributed by atoms with E-state index in [9.17, 15) is 22.0 Å². The molecule has 0 spiro atoms. The van der Waals surface area contributed by atoms with Crippen LogP contribution in [0.2, 0.25) is 0 Å². The molecule has 3 aromatic carbocycles. The van der Waals surface area contributed by atoms with Crippen LogP contribution < -0.4 is 0 Å². The van der Waals surface area contributed by atoms with E-state index in [0.29, 0.717) is 11.1 Å². The summed E-state index contributed by atoms with van der Waals surface area (Å²) in [5, 5.41) is 0. The third kappa shape index (κ3) is 4.73. The van der Waals surface area contributed by atoms with Gasteiger partial charge in [0.25, 0.3) is 0 Å². The van der Waals surface area contributed by atoms with Gasteiger partial charge in [0.1, 0.15) is 11.6 Å². The normalized spacial score (nSPS) is 11.0. The molecule has 0 radical (unpaired) electrons. The van der Waals surface area contributed by atoms with Gasteiger partial charge >= 0.3 is 6.18 Å². The highest BCUT2D eigenvalue weighted by Crippen LogP contribution is 2.33. The minimum Gasteiger partial charge on any atom is -0.206 e. The van der Waals surface area contributed by atoms with Gasteiger partial charge in [-0.05, 0) is 47.9 Å². The molecule has 27 heavy (non-hydrogen) atoms. The standard InChI is InChI=1S/C20H13F5.C2H6/c1-12-2-8-17(18(21)10-12)14-5-9-16(19(22)11-14)13-3-6-15(7-4-13)20(23,24)25;1-2/h2-11H,1H3;1-2H3. The molecule has 0 fully saturated rings. The molecule has 0 N–H and O–H groups in total. The Hall–Kier alpha value is -2.69. The first-order chi connectivity index (χ1) is 12.8. The van der Waals surface area contributed by atoms with E-state index in [1.54, 1.807) is 25.1 Å². The summed E-state index contributed by atoms with van der Waals surface area (Å²) in [6.45, 7) is 5.75. The first-order valence-corrected chi connectivity index (χ1v) is 8.49. The molecule has 3 aromatic rings. The summed E-state index contributed by atoms with van der Waals surface area (Å²) in [4.78, 5) is 0. The molecule has 0 aliphatic carbocycles. The lowest BCUT2D eigenvalue weighted by molar-refractivity contribution is -0.137. The molecule has 0 nitrogen and oxygen atoms in total. The SMILES string of the molecule is CC.Cc1ccc(-c2ccc(-c3ccc(C(F)(F)F)cc3)c(F)c2)c(F)c1. The molecule has 142 valence electrons. The van der Waals surface area contributed by atoms with Gasteiger partial charge in [-0.15, -0.1) is 0 Å². The van der Waals surface area contributed by atoms with Crippen LogP contribution in [0.3, 0.4) is 0 Å². The Labute approximate surface area is 155 Å². The van der Waals surface area contributed by atoms with Crippen LogP contribution >= 0.6 is 0 Å². The molecule has 0 unspecified atom stereocenters. The zero-order valence-electron chi connectivity index (χ0n) is 15.2. The summed E-state index contributed by atoms with van der Waals surface area (Å²) < 4.78 is 66.2. The van der Waals surface area contributed by atoms with Crippen molar-refractivity contribution >= 4 is 0 Å². The molecule has 0 bridgehead atoms. The smallest absolute Gasteiger partial charge is 0.206 e. The molecule has 0 saturated heterocycles. The molecule has 0 aliphatic heterocycles. The summed E-state index contributed by atoms with van der Waals surface area (Å²) in [7, 11) is 0. The Morgan fingerprint density at radius 1 is 0.630 bits per heavy atom. The van der Waals surface area contributed by atoms with Gasteiger partial charge in [0.05, 0.1) is 5.56 Å². The third-order valence-corrected chi connectivity index (χ3v) is 3.93. The van der Waals surface area contributed by atoms with Crippen molar-refractivity contribution in [1.82, 2.24) is 0 Å². The van der Waals surface area contributed by atoms with Gasteiger partial charge < -0.3 is 0 Å². The van der Waals surface area contributed by atoms with E-state index in [0.717, 1.165) is 17.7 Å². The molecule has 0 amide bonds. The minimum absolute atomic E-state index is 0.157. The van der Waals surface area contributed by atoms with Crippen molar-refractivity contribution in [1.29, 1.82) is 0 Å². The highest BCUT2D eigenvalue weighted by atomic mass is 19.4. The van der Waals surface area contributed by atoms with Crippen LogP contribution in [-0.2, 0) is 6.18 Å². The maximum absolute atomic E-state index is 14.4. The number of aryl methyl sites for hydroxylation is 1. The van der Waals surface area contributed by atoms with Gasteiger partial charge in [-0.25, -0.2) is 8.78 Å². The number of halogens is 5. The first kappa shape index (κ1) is 20.6. The predicted molar refractivity (Wildman–Crippen MR) is 98.3 cm³/mol. The molecule has 0 heterocycles. The largest absolute Gasteiger partial charge is 0.416 e. The maximum Gasteiger partial charge on any atom is 0.416 e. The van der Waals surface area contributed by atoms with E-state index in [-0.39, 0.29) is 11.1 Å². The van der Waals surface area contributed by atoms with Crippen molar-refractivity contribution in [3.8, 4) is 22.3 Å². The van der Waals surface area contributed by atoms with Gasteiger partial charge in [0, 0.05) is 11.1 Å². The van der Waals surface area contributed by atoms with E-state index in [4.69, 9.17) is 0 Å². The van der Waals surface area contributed by atoms with Crippen molar-refractivity contribution < 1.29 is 22.0 Å². The summed E-state index contributed by atoms with van der Waals surface area (Å²) in [6.07, 6.45) is -4.44. The van der Waals surface area contributed by atoms with Crippen LogP contribution in [0.25, 0.3) is 22.3 Å². The second-order valence-corrected chi connectivity index (χ2v) is 5.75. The molecule has 3 rings (SSSR count). The van der Waals surface area contributed by atoms with Crippen molar-refractivity contribution in [2.45, 2.75) is 26.9 Å². The number of benzene rings is 3. The van der Waals surface area contributed by atoms with E-state index in [1.165, 1.54) is 30.3 Å². The monoisotopic (exact) mass is 378 g/mol. The third-order valence-electron chi connectivity index (χ3n) is 3.93. The van der Waals surface area contributed by atoms with Crippen LogP contribution in [0, 0.1) is 18.6 Å². The molecule has 0 atom stereocenters. The lowest BCUT2D eigenvalue weighted by Crippen LogP contribution is -2.04. The van der Waals surface area contributed by atoms with Gasteiger partial charge in [0.15, 0.2) is 0 Å². The second-order valence-electron chi connectivity index (χ2n) is 5.75. The Bertz CT molecular complexity index is 909. The van der Waals surface area contributed by atoms with E-state index < -0.39 is 23.4 Å². The van der Waals surface area contributed by atoms with E-state index in [1.807, 2.05) is 13.8 Å². The molecular formula is C22H19F5. The quantitative estimate of drug-likeness (QED) is 0.402. The summed E-state index contributed by atoms with van der Waals surface area (Å²) in [5.74, 6) is -1.08. The average Bonchev–Trinajstić information content (AvgIpc) is 2.63. The Morgan fingerprint density at radius 2 is 1.11 bits per heavy atom. The van der Waals surface area contributed by atoms with E-state index >= 15 is 0 Å². The highest BCUT2D eigenvalue weighted by Gasteiger charge is 2.30. The number of hydrogen-bond donors (Lipinski definition) is 0. The summed E-state index contributed by atoms with van der Waals surface area (Å²) in [5.41, 5.74) is 1.07. The molecule has 0 aliphatic rings. The number of alkyl halides is 3. The Morgan fingerprint density at radius 3 is 1.63 bits per heavy atom. The van der Waals surface area contributed by atoms with Crippen LogP contribution in [0.1, 0.15) is 25.0 Å². The van der Waals surface area contributed by atoms with Gasteiger partial charge in [-0.1, -0.05) is 50.2 Å². The fourth-order valence-electron chi connectivity index (χ4n) is 2.61. The minimum atomic E-state index is -4.44. The van der Waals surface area contributed by atoms with E-state index in [2.05, 4.69) is 0 Å². The summed E-state index contributed by atoms with van der Waals surface area (Å²) in [6, 6.07) is 13.1. The predicted octanol–water partition coefficient (Wildman–Crippen LogP) is 7.65. The van der Waals surface area contributed by atoms with Gasteiger partial charge in [-0.3, -0.25) is 0 Å². The Balaban J connectivity index is 0.00000126. The fourth-order valence-corrected chi connectivity index (χ4v) is 2.61. The second kappa shape index (κ2) is 8.33. The first-order valence-electron chi connectivity index (χ1n) is 8.49. The van der Waals surface area contributed by atoms with Crippen molar-refractivity contribution in [3.63, 3.8) is 0 Å². The number of hydrogen-bond acceptors (Lipinski definition) is 0. The van der Waals surface area contributed by atoms with Gasteiger partial charge in [0.2, 0.25) is 0 Å². The maximum atomic E-state index is 14.4. The lowest BCUT2D eigenvalue weighted by atomic mass is 9.98.